The van der Waals surface area contributed by atoms with E-state index in [4.69, 9.17) is 0 Å². The standard InChI is InChI=1S/C20H26O2/c1-3-20-11-12(2)19-15-7-5-14(21)10-13(15)4-6-16(19)17(20)8-9-18(20)22/h4,15-17,19H,2-3,5-11H2,1H3/t15?,16?,17?,19?,20-/m0/s1. The Hall–Kier alpha value is -1.18. The van der Waals surface area contributed by atoms with Crippen molar-refractivity contribution in [1.29, 1.82) is 0 Å². The number of carbonyl (C=O) groups excluding carboxylic acids is 2. The quantitative estimate of drug-likeness (QED) is 0.678. The van der Waals surface area contributed by atoms with Crippen molar-refractivity contribution in [3.8, 4) is 0 Å². The molecule has 0 N–H and O–H groups in total. The first-order valence-electron chi connectivity index (χ1n) is 8.98. The lowest BCUT2D eigenvalue weighted by molar-refractivity contribution is -0.130. The SMILES string of the molecule is C=C1C[C@]2(CC)C(=O)CCC2C2CC=C3CC(=O)CCC3C12. The van der Waals surface area contributed by atoms with Crippen LogP contribution < -0.4 is 0 Å². The van der Waals surface area contributed by atoms with Gasteiger partial charge in [0.05, 0.1) is 0 Å². The Morgan fingerprint density at radius 3 is 2.86 bits per heavy atom. The van der Waals surface area contributed by atoms with E-state index < -0.39 is 0 Å². The molecule has 22 heavy (non-hydrogen) atoms. The van der Waals surface area contributed by atoms with E-state index in [1.165, 1.54) is 11.1 Å². The molecule has 0 aromatic heterocycles. The van der Waals surface area contributed by atoms with Crippen molar-refractivity contribution in [3.05, 3.63) is 23.8 Å². The Morgan fingerprint density at radius 2 is 2.09 bits per heavy atom. The van der Waals surface area contributed by atoms with Crippen molar-refractivity contribution in [3.63, 3.8) is 0 Å². The third-order valence-corrected chi connectivity index (χ3v) is 7.27. The molecular weight excluding hydrogens is 272 g/mol. The van der Waals surface area contributed by atoms with Crippen LogP contribution in [0.5, 0.6) is 0 Å². The molecule has 2 nitrogen and oxygen atoms in total. The van der Waals surface area contributed by atoms with Crippen LogP contribution in [0, 0.1) is 29.1 Å². The van der Waals surface area contributed by atoms with Crippen molar-refractivity contribution in [2.45, 2.75) is 58.3 Å². The van der Waals surface area contributed by atoms with Gasteiger partial charge in [-0.1, -0.05) is 30.7 Å². The molecule has 3 saturated carbocycles. The van der Waals surface area contributed by atoms with Gasteiger partial charge in [0.2, 0.25) is 0 Å². The minimum absolute atomic E-state index is 0.103. The molecule has 4 rings (SSSR count). The molecule has 0 amide bonds. The molecule has 0 radical (unpaired) electrons. The molecule has 0 bridgehead atoms. The molecular formula is C20H26O2. The highest BCUT2D eigenvalue weighted by molar-refractivity contribution is 5.88. The topological polar surface area (TPSA) is 34.1 Å². The monoisotopic (exact) mass is 298 g/mol. The van der Waals surface area contributed by atoms with Crippen LogP contribution in [0.25, 0.3) is 0 Å². The van der Waals surface area contributed by atoms with Crippen LogP contribution >= 0.6 is 0 Å². The summed E-state index contributed by atoms with van der Waals surface area (Å²) in [6.45, 7) is 6.62. The van der Waals surface area contributed by atoms with Crippen molar-refractivity contribution in [2.24, 2.45) is 29.1 Å². The highest BCUT2D eigenvalue weighted by atomic mass is 16.1. The fourth-order valence-electron chi connectivity index (χ4n) is 6.30. The molecule has 3 fully saturated rings. The fourth-order valence-corrected chi connectivity index (χ4v) is 6.30. The molecule has 0 aromatic carbocycles. The van der Waals surface area contributed by atoms with Gasteiger partial charge in [-0.15, -0.1) is 0 Å². The number of ketones is 2. The largest absolute Gasteiger partial charge is 0.299 e. The zero-order valence-corrected chi connectivity index (χ0v) is 13.6. The molecule has 0 heterocycles. The molecule has 0 aliphatic heterocycles. The summed E-state index contributed by atoms with van der Waals surface area (Å²) >= 11 is 0. The third-order valence-electron chi connectivity index (χ3n) is 7.27. The Balaban J connectivity index is 1.72. The smallest absolute Gasteiger partial charge is 0.139 e. The van der Waals surface area contributed by atoms with Crippen LogP contribution in [0.4, 0.5) is 0 Å². The Kier molecular flexibility index (Phi) is 3.22. The Morgan fingerprint density at radius 1 is 1.27 bits per heavy atom. The summed E-state index contributed by atoms with van der Waals surface area (Å²) in [6, 6.07) is 0. The maximum Gasteiger partial charge on any atom is 0.139 e. The van der Waals surface area contributed by atoms with Crippen LogP contribution in [0.1, 0.15) is 58.3 Å². The van der Waals surface area contributed by atoms with Crippen LogP contribution in [0.3, 0.4) is 0 Å². The molecule has 2 heteroatoms. The maximum atomic E-state index is 12.6. The minimum atomic E-state index is -0.103. The van der Waals surface area contributed by atoms with E-state index in [0.29, 0.717) is 41.7 Å². The normalized spacial score (nSPS) is 44.2. The summed E-state index contributed by atoms with van der Waals surface area (Å²) in [6.07, 6.45) is 9.55. The number of hydrogen-bond acceptors (Lipinski definition) is 2. The second-order valence-corrected chi connectivity index (χ2v) is 7.98. The van der Waals surface area contributed by atoms with E-state index in [1.807, 2.05) is 0 Å². The number of rotatable bonds is 1. The zero-order valence-electron chi connectivity index (χ0n) is 13.6. The molecule has 0 spiro atoms. The first-order valence-corrected chi connectivity index (χ1v) is 8.98. The van der Waals surface area contributed by atoms with Gasteiger partial charge in [0.1, 0.15) is 11.6 Å². The third kappa shape index (κ3) is 1.79. The van der Waals surface area contributed by atoms with Gasteiger partial charge in [-0.3, -0.25) is 9.59 Å². The molecule has 4 aliphatic carbocycles. The minimum Gasteiger partial charge on any atom is -0.299 e. The summed E-state index contributed by atoms with van der Waals surface area (Å²) in [7, 11) is 0. The number of carbonyl (C=O) groups is 2. The predicted molar refractivity (Wildman–Crippen MR) is 86.2 cm³/mol. The first-order chi connectivity index (χ1) is 10.6. The molecule has 5 atom stereocenters. The molecule has 4 unspecified atom stereocenters. The number of fused-ring (bicyclic) bond motifs is 5. The number of hydrogen-bond donors (Lipinski definition) is 0. The second-order valence-electron chi connectivity index (χ2n) is 7.98. The van der Waals surface area contributed by atoms with Gasteiger partial charge in [-0.05, 0) is 55.8 Å². The van der Waals surface area contributed by atoms with Gasteiger partial charge in [0.25, 0.3) is 0 Å². The predicted octanol–water partition coefficient (Wildman–Crippen LogP) is 4.25. The van der Waals surface area contributed by atoms with E-state index in [9.17, 15) is 9.59 Å². The Labute approximate surface area is 133 Å². The maximum absolute atomic E-state index is 12.6. The fraction of sp³-hybridized carbons (Fsp3) is 0.700. The van der Waals surface area contributed by atoms with Crippen molar-refractivity contribution < 1.29 is 9.59 Å². The van der Waals surface area contributed by atoms with E-state index in [2.05, 4.69) is 19.6 Å². The van der Waals surface area contributed by atoms with Gasteiger partial charge in [-0.2, -0.15) is 0 Å². The molecule has 0 aromatic rings. The van der Waals surface area contributed by atoms with Gasteiger partial charge < -0.3 is 0 Å². The van der Waals surface area contributed by atoms with E-state index in [-0.39, 0.29) is 5.41 Å². The van der Waals surface area contributed by atoms with Gasteiger partial charge in [0, 0.05) is 24.7 Å². The van der Waals surface area contributed by atoms with Crippen LogP contribution in [-0.4, -0.2) is 11.6 Å². The molecule has 118 valence electrons. The second kappa shape index (κ2) is 4.91. The van der Waals surface area contributed by atoms with Gasteiger partial charge >= 0.3 is 0 Å². The lowest BCUT2D eigenvalue weighted by Gasteiger charge is -2.53. The van der Waals surface area contributed by atoms with Crippen LogP contribution in [0.15, 0.2) is 23.8 Å². The first kappa shape index (κ1) is 14.4. The van der Waals surface area contributed by atoms with Crippen LogP contribution in [0.2, 0.25) is 0 Å². The van der Waals surface area contributed by atoms with Crippen molar-refractivity contribution >= 4 is 11.6 Å². The molecule has 0 saturated heterocycles. The molecule has 4 aliphatic rings. The zero-order chi connectivity index (χ0) is 15.5. The number of Topliss-reactive ketones (excluding diaryl/α,β-unsaturated/α-hetero) is 2. The van der Waals surface area contributed by atoms with Crippen molar-refractivity contribution in [2.75, 3.05) is 0 Å². The number of allylic oxidation sites excluding steroid dienone is 3. The summed E-state index contributed by atoms with van der Waals surface area (Å²) in [4.78, 5) is 24.4. The van der Waals surface area contributed by atoms with E-state index in [1.54, 1.807) is 0 Å². The van der Waals surface area contributed by atoms with Gasteiger partial charge in [0.15, 0.2) is 0 Å². The van der Waals surface area contributed by atoms with E-state index in [0.717, 1.165) is 44.9 Å². The highest BCUT2D eigenvalue weighted by Gasteiger charge is 2.58. The van der Waals surface area contributed by atoms with Crippen LogP contribution in [-0.2, 0) is 9.59 Å². The summed E-state index contributed by atoms with van der Waals surface area (Å²) in [5.74, 6) is 3.11. The van der Waals surface area contributed by atoms with Gasteiger partial charge in [-0.25, -0.2) is 0 Å². The van der Waals surface area contributed by atoms with E-state index >= 15 is 0 Å². The average Bonchev–Trinajstić information content (AvgIpc) is 2.84. The lowest BCUT2D eigenvalue weighted by atomic mass is 9.50. The highest BCUT2D eigenvalue weighted by Crippen LogP contribution is 2.62. The summed E-state index contributed by atoms with van der Waals surface area (Å²) < 4.78 is 0. The van der Waals surface area contributed by atoms with Crippen molar-refractivity contribution in [1.82, 2.24) is 0 Å². The lowest BCUT2D eigenvalue weighted by Crippen LogP contribution is -2.48. The Bertz CT molecular complexity index is 585. The summed E-state index contributed by atoms with van der Waals surface area (Å²) in [5.41, 5.74) is 2.59. The average molecular weight is 298 g/mol. The summed E-state index contributed by atoms with van der Waals surface area (Å²) in [5, 5.41) is 0.